The molecule has 188 valence electrons. The van der Waals surface area contributed by atoms with Crippen LogP contribution in [-0.4, -0.2) is 41.6 Å². The Hall–Kier alpha value is -3.56. The van der Waals surface area contributed by atoms with Crippen LogP contribution in [0.15, 0.2) is 88.5 Å². The number of aromatic nitrogens is 1. The highest BCUT2D eigenvalue weighted by molar-refractivity contribution is 7.89. The number of amides is 1. The van der Waals surface area contributed by atoms with E-state index in [2.05, 4.69) is 4.98 Å². The van der Waals surface area contributed by atoms with E-state index in [0.29, 0.717) is 22.2 Å². The van der Waals surface area contributed by atoms with Crippen LogP contribution in [0.5, 0.6) is 0 Å². The fourth-order valence-electron chi connectivity index (χ4n) is 3.96. The zero-order valence-electron chi connectivity index (χ0n) is 20.2. The minimum atomic E-state index is -4.04. The molecule has 0 aliphatic rings. The van der Waals surface area contributed by atoms with E-state index < -0.39 is 15.9 Å². The number of para-hydroxylation sites is 1. The quantitative estimate of drug-likeness (QED) is 0.305. The Labute approximate surface area is 210 Å². The Bertz CT molecular complexity index is 1420. The summed E-state index contributed by atoms with van der Waals surface area (Å²) in [6.07, 6.45) is 3.06. The van der Waals surface area contributed by atoms with Gasteiger partial charge in [0.05, 0.1) is 24.9 Å². The molecule has 0 aliphatic heterocycles. The highest BCUT2D eigenvalue weighted by Gasteiger charge is 2.31. The maximum atomic E-state index is 13.8. The van der Waals surface area contributed by atoms with Gasteiger partial charge in [-0.25, -0.2) is 12.8 Å². The van der Waals surface area contributed by atoms with Crippen molar-refractivity contribution < 1.29 is 22.0 Å². The Morgan fingerprint density at radius 3 is 2.44 bits per heavy atom. The van der Waals surface area contributed by atoms with Crippen molar-refractivity contribution in [3.8, 4) is 0 Å². The maximum Gasteiger partial charge on any atom is 0.245 e. The number of carbonyl (C=O) groups excluding carboxylic acids is 1. The van der Waals surface area contributed by atoms with Crippen molar-refractivity contribution in [1.29, 1.82) is 0 Å². The number of sulfonamides is 1. The van der Waals surface area contributed by atoms with Gasteiger partial charge in [-0.2, -0.15) is 4.31 Å². The molecule has 0 aliphatic carbocycles. The minimum Gasteiger partial charge on any atom is -0.467 e. The highest BCUT2D eigenvalue weighted by atomic mass is 32.2. The van der Waals surface area contributed by atoms with Crippen LogP contribution in [0, 0.1) is 11.7 Å². The summed E-state index contributed by atoms with van der Waals surface area (Å²) in [6, 6.07) is 17.8. The molecule has 9 heteroatoms. The lowest BCUT2D eigenvalue weighted by Crippen LogP contribution is -2.43. The summed E-state index contributed by atoms with van der Waals surface area (Å²) in [5, 5.41) is 0.699. The Morgan fingerprint density at radius 1 is 1.00 bits per heavy atom. The lowest BCUT2D eigenvalue weighted by Gasteiger charge is -2.28. The number of hydrogen-bond acceptors (Lipinski definition) is 5. The van der Waals surface area contributed by atoms with Gasteiger partial charge in [-0.15, -0.1) is 0 Å². The largest absolute Gasteiger partial charge is 0.467 e. The molecule has 36 heavy (non-hydrogen) atoms. The third-order valence-electron chi connectivity index (χ3n) is 5.66. The van der Waals surface area contributed by atoms with Gasteiger partial charge in [-0.3, -0.25) is 9.78 Å². The van der Waals surface area contributed by atoms with Crippen molar-refractivity contribution in [2.45, 2.75) is 31.8 Å². The number of benzene rings is 2. The van der Waals surface area contributed by atoms with Crippen LogP contribution < -0.4 is 0 Å². The number of rotatable bonds is 10. The van der Waals surface area contributed by atoms with Crippen LogP contribution in [0.2, 0.25) is 0 Å². The molecule has 0 saturated heterocycles. The van der Waals surface area contributed by atoms with Gasteiger partial charge in [0.2, 0.25) is 15.9 Å². The van der Waals surface area contributed by atoms with Gasteiger partial charge in [-0.1, -0.05) is 44.2 Å². The SMILES string of the molecule is CC(C)CN(CC(=O)N(Cc1ccc(F)cc1)Cc1ccco1)S(=O)(=O)c1cccc2cccnc12. The van der Waals surface area contributed by atoms with E-state index in [0.717, 1.165) is 0 Å². The predicted molar refractivity (Wildman–Crippen MR) is 135 cm³/mol. The number of furan rings is 1. The second kappa shape index (κ2) is 11.0. The molecule has 2 heterocycles. The van der Waals surface area contributed by atoms with Gasteiger partial charge in [0.25, 0.3) is 0 Å². The molecule has 7 nitrogen and oxygen atoms in total. The molecule has 4 aromatic rings. The van der Waals surface area contributed by atoms with Crippen LogP contribution in [0.4, 0.5) is 4.39 Å². The Morgan fingerprint density at radius 2 is 1.75 bits per heavy atom. The van der Waals surface area contributed by atoms with Crippen LogP contribution in [-0.2, 0) is 27.9 Å². The molecule has 0 fully saturated rings. The van der Waals surface area contributed by atoms with E-state index in [-0.39, 0.29) is 42.8 Å². The molecule has 0 N–H and O–H groups in total. The molecule has 0 atom stereocenters. The molecule has 2 aromatic carbocycles. The van der Waals surface area contributed by atoms with Crippen molar-refractivity contribution >= 4 is 26.8 Å². The fourth-order valence-corrected chi connectivity index (χ4v) is 5.68. The highest BCUT2D eigenvalue weighted by Crippen LogP contribution is 2.25. The predicted octanol–water partition coefficient (Wildman–Crippen LogP) is 4.84. The number of pyridine rings is 1. The van der Waals surface area contributed by atoms with Crippen molar-refractivity contribution in [2.75, 3.05) is 13.1 Å². The maximum absolute atomic E-state index is 13.8. The van der Waals surface area contributed by atoms with Gasteiger partial charge in [0.15, 0.2) is 0 Å². The summed E-state index contributed by atoms with van der Waals surface area (Å²) in [7, 11) is -4.04. The van der Waals surface area contributed by atoms with Gasteiger partial charge in [-0.05, 0) is 47.9 Å². The van der Waals surface area contributed by atoms with Crippen molar-refractivity contribution in [3.63, 3.8) is 0 Å². The van der Waals surface area contributed by atoms with Crippen LogP contribution >= 0.6 is 0 Å². The number of fused-ring (bicyclic) bond motifs is 1. The number of carbonyl (C=O) groups is 1. The van der Waals surface area contributed by atoms with Crippen molar-refractivity contribution in [2.24, 2.45) is 5.92 Å². The molecule has 4 rings (SSSR count). The van der Waals surface area contributed by atoms with E-state index in [4.69, 9.17) is 4.42 Å². The van der Waals surface area contributed by atoms with Crippen LogP contribution in [0.25, 0.3) is 10.9 Å². The van der Waals surface area contributed by atoms with Gasteiger partial charge < -0.3 is 9.32 Å². The second-order valence-electron chi connectivity index (χ2n) is 8.98. The number of hydrogen-bond donors (Lipinski definition) is 0. The smallest absolute Gasteiger partial charge is 0.245 e. The first-order valence-electron chi connectivity index (χ1n) is 11.6. The summed E-state index contributed by atoms with van der Waals surface area (Å²) in [6.45, 7) is 3.91. The van der Waals surface area contributed by atoms with E-state index in [1.165, 1.54) is 33.7 Å². The van der Waals surface area contributed by atoms with Gasteiger partial charge >= 0.3 is 0 Å². The standard InChI is InChI=1S/C27H28FN3O4S/c1-20(2)16-31(36(33,34)25-9-3-6-22-7-4-14-29-27(22)25)19-26(32)30(18-24-8-5-15-35-24)17-21-10-12-23(28)13-11-21/h3-15,20H,16-19H2,1-2H3. The molecule has 0 radical (unpaired) electrons. The molecule has 0 saturated carbocycles. The number of nitrogens with zero attached hydrogens (tertiary/aromatic N) is 3. The average Bonchev–Trinajstić information content (AvgIpc) is 3.37. The van der Waals surface area contributed by atoms with Crippen molar-refractivity contribution in [1.82, 2.24) is 14.2 Å². The van der Waals surface area contributed by atoms with Gasteiger partial charge in [0, 0.05) is 24.7 Å². The Balaban J connectivity index is 1.65. The summed E-state index contributed by atoms with van der Waals surface area (Å²) >= 11 is 0. The van der Waals surface area contributed by atoms with E-state index in [1.807, 2.05) is 13.8 Å². The lowest BCUT2D eigenvalue weighted by molar-refractivity contribution is -0.133. The molecule has 2 aromatic heterocycles. The zero-order chi connectivity index (χ0) is 25.7. The van der Waals surface area contributed by atoms with Crippen LogP contribution in [0.3, 0.4) is 0 Å². The summed E-state index contributed by atoms with van der Waals surface area (Å²) in [5.41, 5.74) is 1.08. The molecule has 0 unspecified atom stereocenters. The fraction of sp³-hybridized carbons (Fsp3) is 0.259. The topological polar surface area (TPSA) is 83.7 Å². The van der Waals surface area contributed by atoms with E-state index >= 15 is 0 Å². The first-order chi connectivity index (χ1) is 17.2. The molecule has 1 amide bonds. The second-order valence-corrected chi connectivity index (χ2v) is 10.9. The molecular weight excluding hydrogens is 481 g/mol. The van der Waals surface area contributed by atoms with Crippen molar-refractivity contribution in [3.05, 3.63) is 96.3 Å². The summed E-state index contributed by atoms with van der Waals surface area (Å²) in [4.78, 5) is 19.4. The van der Waals surface area contributed by atoms with E-state index in [9.17, 15) is 17.6 Å². The average molecular weight is 510 g/mol. The Kier molecular flexibility index (Phi) is 7.81. The van der Waals surface area contributed by atoms with Crippen LogP contribution in [0.1, 0.15) is 25.2 Å². The number of halogens is 1. The third-order valence-corrected chi connectivity index (χ3v) is 7.50. The minimum absolute atomic E-state index is 0.0221. The zero-order valence-corrected chi connectivity index (χ0v) is 21.0. The third kappa shape index (κ3) is 5.98. The molecule has 0 spiro atoms. The summed E-state index contributed by atoms with van der Waals surface area (Å²) in [5.74, 6) is -0.234. The van der Waals surface area contributed by atoms with Gasteiger partial charge in [0.1, 0.15) is 16.5 Å². The molecule has 0 bridgehead atoms. The molecular formula is C27H28FN3O4S. The normalized spacial score (nSPS) is 11.9. The summed E-state index contributed by atoms with van der Waals surface area (Å²) < 4.78 is 47.7. The first kappa shape index (κ1) is 25.5. The monoisotopic (exact) mass is 509 g/mol. The first-order valence-corrected chi connectivity index (χ1v) is 13.1. The van der Waals surface area contributed by atoms with E-state index in [1.54, 1.807) is 54.7 Å². The lowest BCUT2D eigenvalue weighted by atomic mass is 10.2.